The van der Waals surface area contributed by atoms with E-state index in [0.29, 0.717) is 13.0 Å². The van der Waals surface area contributed by atoms with Gasteiger partial charge >= 0.3 is 5.97 Å². The van der Waals surface area contributed by atoms with Gasteiger partial charge in [0, 0.05) is 23.0 Å². The molecule has 4 nitrogen and oxygen atoms in total. The van der Waals surface area contributed by atoms with Gasteiger partial charge in [-0.3, -0.25) is 10.1 Å². The lowest BCUT2D eigenvalue weighted by atomic mass is 9.86. The average Bonchev–Trinajstić information content (AvgIpc) is 2.78. The molecule has 4 heteroatoms. The fourth-order valence-corrected chi connectivity index (χ4v) is 3.09. The number of rotatable bonds is 2. The Morgan fingerprint density at radius 1 is 1.40 bits per heavy atom. The van der Waals surface area contributed by atoms with Gasteiger partial charge in [-0.15, -0.1) is 0 Å². The zero-order valence-electron chi connectivity index (χ0n) is 12.1. The van der Waals surface area contributed by atoms with Gasteiger partial charge in [0.1, 0.15) is 6.04 Å². The van der Waals surface area contributed by atoms with Crippen molar-refractivity contribution < 1.29 is 9.53 Å². The molecule has 2 N–H and O–H groups in total. The molecule has 2 heterocycles. The van der Waals surface area contributed by atoms with Gasteiger partial charge in [0.15, 0.2) is 0 Å². The summed E-state index contributed by atoms with van der Waals surface area (Å²) in [5, 5.41) is 4.59. The van der Waals surface area contributed by atoms with Gasteiger partial charge in [-0.1, -0.05) is 18.2 Å². The summed E-state index contributed by atoms with van der Waals surface area (Å²) in [6.45, 7) is 6.43. The Morgan fingerprint density at radius 2 is 2.15 bits per heavy atom. The van der Waals surface area contributed by atoms with Crippen LogP contribution in [-0.2, 0) is 21.5 Å². The maximum absolute atomic E-state index is 12.1. The number of aromatic amines is 1. The first-order chi connectivity index (χ1) is 9.53. The molecule has 0 saturated carbocycles. The van der Waals surface area contributed by atoms with E-state index in [4.69, 9.17) is 4.74 Å². The monoisotopic (exact) mass is 272 g/mol. The number of esters is 1. The van der Waals surface area contributed by atoms with Crippen molar-refractivity contribution in [3.8, 4) is 0 Å². The van der Waals surface area contributed by atoms with Crippen molar-refractivity contribution in [1.82, 2.24) is 10.3 Å². The molecule has 0 spiro atoms. The van der Waals surface area contributed by atoms with Crippen molar-refractivity contribution in [2.75, 3.05) is 6.61 Å². The molecule has 0 bridgehead atoms. The number of aromatic nitrogens is 1. The normalized spacial score (nSPS) is 20.6. The summed E-state index contributed by atoms with van der Waals surface area (Å²) in [4.78, 5) is 15.5. The molecule has 1 aromatic carbocycles. The van der Waals surface area contributed by atoms with Crippen LogP contribution in [0, 0.1) is 0 Å². The minimum Gasteiger partial charge on any atom is -0.465 e. The number of H-pyrrole nitrogens is 1. The Morgan fingerprint density at radius 3 is 2.90 bits per heavy atom. The number of ether oxygens (including phenoxy) is 1. The van der Waals surface area contributed by atoms with Crippen LogP contribution in [0.3, 0.4) is 0 Å². The molecule has 1 aliphatic rings. The fraction of sp³-hybridized carbons (Fsp3) is 0.438. The van der Waals surface area contributed by atoms with Gasteiger partial charge in [0.2, 0.25) is 0 Å². The molecule has 106 valence electrons. The number of carbonyl (C=O) groups excluding carboxylic acids is 1. The van der Waals surface area contributed by atoms with Gasteiger partial charge in [-0.2, -0.15) is 0 Å². The first-order valence-electron chi connectivity index (χ1n) is 7.07. The summed E-state index contributed by atoms with van der Waals surface area (Å²) in [6, 6.07) is 7.95. The minimum atomic E-state index is -0.281. The predicted molar refractivity (Wildman–Crippen MR) is 78.6 cm³/mol. The molecule has 1 aromatic heterocycles. The second-order valence-electron chi connectivity index (χ2n) is 5.80. The topological polar surface area (TPSA) is 54.1 Å². The molecule has 0 aliphatic carbocycles. The third-order valence-electron chi connectivity index (χ3n) is 3.95. The number of hydrogen-bond donors (Lipinski definition) is 2. The number of fused-ring (bicyclic) bond motifs is 3. The van der Waals surface area contributed by atoms with Crippen molar-refractivity contribution in [2.24, 2.45) is 0 Å². The van der Waals surface area contributed by atoms with Crippen LogP contribution in [0.1, 0.15) is 32.0 Å². The Labute approximate surface area is 118 Å². The van der Waals surface area contributed by atoms with Gasteiger partial charge in [-0.25, -0.2) is 0 Å². The number of hydrogen-bond acceptors (Lipinski definition) is 3. The molecule has 0 fully saturated rings. The van der Waals surface area contributed by atoms with Crippen LogP contribution in [0.5, 0.6) is 0 Å². The minimum absolute atomic E-state index is 0.170. The van der Waals surface area contributed by atoms with Crippen molar-refractivity contribution in [3.63, 3.8) is 0 Å². The summed E-state index contributed by atoms with van der Waals surface area (Å²) >= 11 is 0. The SMILES string of the molecule is CCOC(=O)[C@H]1Cc2c([nH]c3ccccc23)C(C)(C)N1. The lowest BCUT2D eigenvalue weighted by Gasteiger charge is -2.36. The van der Waals surface area contributed by atoms with Crippen LogP contribution in [-0.4, -0.2) is 23.6 Å². The van der Waals surface area contributed by atoms with Crippen LogP contribution in [0.15, 0.2) is 24.3 Å². The molecule has 1 aliphatic heterocycles. The zero-order chi connectivity index (χ0) is 14.3. The number of nitrogens with one attached hydrogen (secondary N) is 2. The highest BCUT2D eigenvalue weighted by atomic mass is 16.5. The van der Waals surface area contributed by atoms with E-state index in [1.807, 2.05) is 19.1 Å². The first kappa shape index (κ1) is 13.2. The second kappa shape index (κ2) is 4.63. The third-order valence-corrected chi connectivity index (χ3v) is 3.95. The van der Waals surface area contributed by atoms with Gasteiger partial charge in [-0.05, 0) is 32.4 Å². The maximum Gasteiger partial charge on any atom is 0.323 e. The summed E-state index contributed by atoms with van der Waals surface area (Å²) in [7, 11) is 0. The summed E-state index contributed by atoms with van der Waals surface area (Å²) in [5.41, 5.74) is 3.24. The van der Waals surface area contributed by atoms with Crippen molar-refractivity contribution >= 4 is 16.9 Å². The Kier molecular flexibility index (Phi) is 3.05. The van der Waals surface area contributed by atoms with E-state index in [2.05, 4.69) is 36.3 Å². The number of para-hydroxylation sites is 1. The summed E-state index contributed by atoms with van der Waals surface area (Å²) in [5.74, 6) is -0.170. The van der Waals surface area contributed by atoms with Crippen LogP contribution in [0.25, 0.3) is 10.9 Å². The smallest absolute Gasteiger partial charge is 0.323 e. The van der Waals surface area contributed by atoms with E-state index in [0.717, 1.165) is 5.52 Å². The standard InChI is InChI=1S/C16H20N2O2/c1-4-20-15(19)13-9-11-10-7-5-6-8-12(10)17-14(11)16(2,3)18-13/h5-8,13,17-18H,4,9H2,1-3H3/t13-/m1/s1. The molecule has 20 heavy (non-hydrogen) atoms. The Bertz CT molecular complexity index is 658. The molecular formula is C16H20N2O2. The zero-order valence-corrected chi connectivity index (χ0v) is 12.1. The van der Waals surface area contributed by atoms with Crippen LogP contribution < -0.4 is 5.32 Å². The lowest BCUT2D eigenvalue weighted by molar-refractivity contribution is -0.146. The van der Waals surface area contributed by atoms with Crippen molar-refractivity contribution in [2.45, 2.75) is 38.8 Å². The average molecular weight is 272 g/mol. The highest BCUT2D eigenvalue weighted by Gasteiger charge is 2.38. The van der Waals surface area contributed by atoms with E-state index in [9.17, 15) is 4.79 Å². The highest BCUT2D eigenvalue weighted by Crippen LogP contribution is 2.35. The molecule has 1 atom stereocenters. The molecule has 0 saturated heterocycles. The number of carbonyl (C=O) groups is 1. The molecular weight excluding hydrogens is 252 g/mol. The largest absolute Gasteiger partial charge is 0.465 e. The van der Waals surface area contributed by atoms with E-state index in [1.165, 1.54) is 16.6 Å². The first-order valence-corrected chi connectivity index (χ1v) is 7.07. The van der Waals surface area contributed by atoms with E-state index >= 15 is 0 Å². The van der Waals surface area contributed by atoms with Gasteiger partial charge in [0.25, 0.3) is 0 Å². The molecule has 3 rings (SSSR count). The third kappa shape index (κ3) is 2.00. The van der Waals surface area contributed by atoms with Crippen LogP contribution in [0.2, 0.25) is 0 Å². The summed E-state index contributed by atoms with van der Waals surface area (Å²) in [6.07, 6.45) is 0.668. The molecule has 0 unspecified atom stereocenters. The van der Waals surface area contributed by atoms with Gasteiger partial charge in [0.05, 0.1) is 12.1 Å². The predicted octanol–water partition coefficient (Wildman–Crippen LogP) is 2.48. The fourth-order valence-electron chi connectivity index (χ4n) is 3.09. The van der Waals surface area contributed by atoms with Crippen LogP contribution in [0.4, 0.5) is 0 Å². The summed E-state index contributed by atoms with van der Waals surface area (Å²) < 4.78 is 5.17. The maximum atomic E-state index is 12.1. The van der Waals surface area contributed by atoms with Crippen molar-refractivity contribution in [3.05, 3.63) is 35.5 Å². The molecule has 0 radical (unpaired) electrons. The molecule has 2 aromatic rings. The van der Waals surface area contributed by atoms with E-state index < -0.39 is 0 Å². The second-order valence-corrected chi connectivity index (χ2v) is 5.80. The van der Waals surface area contributed by atoms with Crippen LogP contribution >= 0.6 is 0 Å². The van der Waals surface area contributed by atoms with Crippen molar-refractivity contribution in [1.29, 1.82) is 0 Å². The highest BCUT2D eigenvalue weighted by molar-refractivity contribution is 5.87. The van der Waals surface area contributed by atoms with Gasteiger partial charge < -0.3 is 9.72 Å². The lowest BCUT2D eigenvalue weighted by Crippen LogP contribution is -2.53. The Balaban J connectivity index is 2.07. The quantitative estimate of drug-likeness (QED) is 0.826. The van der Waals surface area contributed by atoms with E-state index in [1.54, 1.807) is 0 Å². The molecule has 0 amide bonds. The Hall–Kier alpha value is -1.81. The van der Waals surface area contributed by atoms with E-state index in [-0.39, 0.29) is 17.6 Å². The number of benzene rings is 1.